The van der Waals surface area contributed by atoms with Gasteiger partial charge in [0.15, 0.2) is 0 Å². The summed E-state index contributed by atoms with van der Waals surface area (Å²) in [5, 5.41) is 8.10. The van der Waals surface area contributed by atoms with Gasteiger partial charge in [-0.2, -0.15) is 5.10 Å². The van der Waals surface area contributed by atoms with E-state index < -0.39 is 0 Å². The molecule has 0 saturated heterocycles. The Morgan fingerprint density at radius 2 is 1.50 bits per heavy atom. The van der Waals surface area contributed by atoms with Crippen molar-refractivity contribution in [2.24, 2.45) is 0 Å². The molecule has 0 fully saturated rings. The molecular formula is C26H23N3O. The molecule has 1 aliphatic rings. The highest BCUT2D eigenvalue weighted by atomic mass is 16.1. The molecule has 5 rings (SSSR count). The van der Waals surface area contributed by atoms with Crippen molar-refractivity contribution >= 4 is 11.7 Å². The molecular weight excluding hydrogens is 370 g/mol. The maximum Gasteiger partial charge on any atom is 0.226 e. The van der Waals surface area contributed by atoms with E-state index in [1.165, 1.54) is 11.1 Å². The lowest BCUT2D eigenvalue weighted by Gasteiger charge is -2.25. The number of benzene rings is 3. The van der Waals surface area contributed by atoms with Crippen LogP contribution in [0.4, 0.5) is 5.82 Å². The molecule has 0 saturated carbocycles. The van der Waals surface area contributed by atoms with Crippen molar-refractivity contribution in [3.8, 4) is 16.9 Å². The lowest BCUT2D eigenvalue weighted by molar-refractivity contribution is -0.116. The Hall–Kier alpha value is -3.66. The first kappa shape index (κ1) is 18.4. The first-order valence-corrected chi connectivity index (χ1v) is 10.2. The number of anilines is 1. The average molecular weight is 393 g/mol. The molecule has 1 atom stereocenters. The lowest BCUT2D eigenvalue weighted by Crippen LogP contribution is -2.24. The van der Waals surface area contributed by atoms with E-state index in [9.17, 15) is 4.79 Å². The number of aromatic nitrogens is 2. The van der Waals surface area contributed by atoms with E-state index >= 15 is 0 Å². The topological polar surface area (TPSA) is 46.9 Å². The second-order valence-electron chi connectivity index (χ2n) is 7.94. The Morgan fingerprint density at radius 1 is 0.867 bits per heavy atom. The van der Waals surface area contributed by atoms with Crippen LogP contribution < -0.4 is 5.32 Å². The maximum atomic E-state index is 12.7. The van der Waals surface area contributed by atoms with Crippen molar-refractivity contribution in [3.63, 3.8) is 0 Å². The van der Waals surface area contributed by atoms with Crippen molar-refractivity contribution in [1.29, 1.82) is 0 Å². The molecule has 1 aromatic heterocycles. The summed E-state index contributed by atoms with van der Waals surface area (Å²) in [5.74, 6) is 0.740. The summed E-state index contributed by atoms with van der Waals surface area (Å²) < 4.78 is 1.87. The van der Waals surface area contributed by atoms with Gasteiger partial charge in [-0.1, -0.05) is 77.9 Å². The van der Waals surface area contributed by atoms with E-state index in [2.05, 4.69) is 67.7 Å². The van der Waals surface area contributed by atoms with Crippen molar-refractivity contribution in [2.45, 2.75) is 26.2 Å². The van der Waals surface area contributed by atoms with Crippen molar-refractivity contribution in [1.82, 2.24) is 9.78 Å². The zero-order valence-electron chi connectivity index (χ0n) is 17.1. The second kappa shape index (κ2) is 7.30. The van der Waals surface area contributed by atoms with Gasteiger partial charge in [0.05, 0.1) is 11.4 Å². The van der Waals surface area contributed by atoms with E-state index in [1.54, 1.807) is 0 Å². The van der Waals surface area contributed by atoms with Crippen molar-refractivity contribution < 1.29 is 4.79 Å². The van der Waals surface area contributed by atoms with Gasteiger partial charge in [0.25, 0.3) is 0 Å². The third-order valence-electron chi connectivity index (χ3n) is 5.72. The Kier molecular flexibility index (Phi) is 4.47. The van der Waals surface area contributed by atoms with Gasteiger partial charge in [-0.3, -0.25) is 4.79 Å². The van der Waals surface area contributed by atoms with Gasteiger partial charge in [-0.15, -0.1) is 0 Å². The highest BCUT2D eigenvalue weighted by Crippen LogP contribution is 2.43. The van der Waals surface area contributed by atoms with Crippen LogP contribution in [-0.2, 0) is 4.79 Å². The molecule has 0 aliphatic carbocycles. The maximum absolute atomic E-state index is 12.7. The largest absolute Gasteiger partial charge is 0.310 e. The molecule has 0 bridgehead atoms. The van der Waals surface area contributed by atoms with Crippen molar-refractivity contribution in [3.05, 3.63) is 101 Å². The predicted molar refractivity (Wildman–Crippen MR) is 120 cm³/mol. The third kappa shape index (κ3) is 3.20. The fourth-order valence-electron chi connectivity index (χ4n) is 4.12. The van der Waals surface area contributed by atoms with E-state index in [4.69, 9.17) is 5.10 Å². The molecule has 148 valence electrons. The van der Waals surface area contributed by atoms with Crippen LogP contribution >= 0.6 is 0 Å². The first-order valence-electron chi connectivity index (χ1n) is 10.2. The standard InChI is InChI=1S/C26H23N3O/c1-17-8-12-19(13-9-17)22-16-23(30)27-26-24(22)25(20-6-4-3-5-7-20)28-29(26)21-14-10-18(2)11-15-21/h3-15,22H,16H2,1-2H3,(H,27,30)/t22-/m0/s1. The summed E-state index contributed by atoms with van der Waals surface area (Å²) in [6, 6.07) is 26.9. The Bertz CT molecular complexity index is 1210. The van der Waals surface area contributed by atoms with Crippen LogP contribution in [0.5, 0.6) is 0 Å². The summed E-state index contributed by atoms with van der Waals surface area (Å²) in [7, 11) is 0. The molecule has 4 aromatic rings. The number of rotatable bonds is 3. The van der Waals surface area contributed by atoms with Gasteiger partial charge < -0.3 is 5.32 Å². The van der Waals surface area contributed by atoms with Crippen LogP contribution in [0.15, 0.2) is 78.9 Å². The SMILES string of the molecule is Cc1ccc([C@@H]2CC(=O)Nc3c2c(-c2ccccc2)nn3-c2ccc(C)cc2)cc1. The predicted octanol–water partition coefficient (Wildman–Crippen LogP) is 5.63. The highest BCUT2D eigenvalue weighted by molar-refractivity contribution is 5.96. The number of hydrogen-bond acceptors (Lipinski definition) is 2. The molecule has 4 heteroatoms. The molecule has 0 unspecified atom stereocenters. The fraction of sp³-hybridized carbons (Fsp3) is 0.154. The van der Waals surface area contributed by atoms with Gasteiger partial charge in [0, 0.05) is 23.5 Å². The fourth-order valence-corrected chi connectivity index (χ4v) is 4.12. The zero-order valence-corrected chi connectivity index (χ0v) is 17.1. The molecule has 0 spiro atoms. The van der Waals surface area contributed by atoms with E-state index in [0.717, 1.165) is 33.9 Å². The van der Waals surface area contributed by atoms with Gasteiger partial charge in [-0.25, -0.2) is 4.68 Å². The Morgan fingerprint density at radius 3 is 2.17 bits per heavy atom. The molecule has 3 aromatic carbocycles. The monoisotopic (exact) mass is 393 g/mol. The molecule has 1 aliphatic heterocycles. The number of fused-ring (bicyclic) bond motifs is 1. The minimum atomic E-state index is -0.0382. The van der Waals surface area contributed by atoms with Crippen LogP contribution in [0.3, 0.4) is 0 Å². The summed E-state index contributed by atoms with van der Waals surface area (Å²) in [5.41, 5.74) is 7.50. The van der Waals surface area contributed by atoms with E-state index in [1.807, 2.05) is 35.0 Å². The second-order valence-corrected chi connectivity index (χ2v) is 7.94. The summed E-state index contributed by atoms with van der Waals surface area (Å²) >= 11 is 0. The lowest BCUT2D eigenvalue weighted by atomic mass is 9.84. The van der Waals surface area contributed by atoms with Crippen LogP contribution in [0, 0.1) is 13.8 Å². The molecule has 4 nitrogen and oxygen atoms in total. The van der Waals surface area contributed by atoms with E-state index in [-0.39, 0.29) is 11.8 Å². The normalized spacial score (nSPS) is 15.5. The van der Waals surface area contributed by atoms with Crippen LogP contribution in [0.2, 0.25) is 0 Å². The smallest absolute Gasteiger partial charge is 0.226 e. The third-order valence-corrected chi connectivity index (χ3v) is 5.72. The molecule has 30 heavy (non-hydrogen) atoms. The van der Waals surface area contributed by atoms with Gasteiger partial charge >= 0.3 is 0 Å². The quantitative estimate of drug-likeness (QED) is 0.490. The molecule has 1 N–H and O–H groups in total. The van der Waals surface area contributed by atoms with Gasteiger partial charge in [-0.05, 0) is 31.5 Å². The van der Waals surface area contributed by atoms with E-state index in [0.29, 0.717) is 6.42 Å². The zero-order chi connectivity index (χ0) is 20.7. The summed E-state index contributed by atoms with van der Waals surface area (Å²) in [4.78, 5) is 12.7. The van der Waals surface area contributed by atoms with Gasteiger partial charge in [0.2, 0.25) is 5.91 Å². The number of carbonyl (C=O) groups excluding carboxylic acids is 1. The first-order chi connectivity index (χ1) is 14.6. The summed E-state index contributed by atoms with van der Waals surface area (Å²) in [6.07, 6.45) is 0.412. The van der Waals surface area contributed by atoms with Crippen LogP contribution in [-0.4, -0.2) is 15.7 Å². The highest BCUT2D eigenvalue weighted by Gasteiger charge is 2.34. The number of aryl methyl sites for hydroxylation is 2. The number of hydrogen-bond donors (Lipinski definition) is 1. The van der Waals surface area contributed by atoms with Crippen LogP contribution in [0.25, 0.3) is 16.9 Å². The number of amides is 1. The number of carbonyl (C=O) groups is 1. The number of nitrogens with one attached hydrogen (secondary N) is 1. The minimum absolute atomic E-state index is 0.0148. The molecule has 2 heterocycles. The van der Waals surface area contributed by atoms with Gasteiger partial charge in [0.1, 0.15) is 5.82 Å². The minimum Gasteiger partial charge on any atom is -0.310 e. The average Bonchev–Trinajstić information content (AvgIpc) is 3.14. The Labute approximate surface area is 176 Å². The molecule has 0 radical (unpaired) electrons. The molecule has 1 amide bonds. The Balaban J connectivity index is 1.76. The van der Waals surface area contributed by atoms with Crippen molar-refractivity contribution in [2.75, 3.05) is 5.32 Å². The van der Waals surface area contributed by atoms with Crippen LogP contribution in [0.1, 0.15) is 34.6 Å². The summed E-state index contributed by atoms with van der Waals surface area (Å²) in [6.45, 7) is 4.14. The number of nitrogens with zero attached hydrogens (tertiary/aromatic N) is 2.